The molecule has 0 saturated carbocycles. The van der Waals surface area contributed by atoms with Gasteiger partial charge in [-0.15, -0.1) is 4.73 Å². The minimum atomic E-state index is -0.421. The Bertz CT molecular complexity index is 1580. The summed E-state index contributed by atoms with van der Waals surface area (Å²) in [6.07, 6.45) is 5.54. The number of aryl methyl sites for hydroxylation is 3. The Morgan fingerprint density at radius 1 is 1.00 bits per heavy atom. The smallest absolute Gasteiger partial charge is 0.294 e. The van der Waals surface area contributed by atoms with E-state index in [0.717, 1.165) is 55.1 Å². The van der Waals surface area contributed by atoms with Gasteiger partial charge in [0.15, 0.2) is 5.82 Å². The van der Waals surface area contributed by atoms with Gasteiger partial charge in [-0.3, -0.25) is 14.7 Å². The first kappa shape index (κ1) is 23.0. The maximum atomic E-state index is 12.7. The molecule has 7 heteroatoms. The number of pyridine rings is 1. The number of rotatable bonds is 2. The van der Waals surface area contributed by atoms with Crippen molar-refractivity contribution in [1.29, 1.82) is 0 Å². The summed E-state index contributed by atoms with van der Waals surface area (Å²) in [4.78, 5) is 24.4. The second-order valence-electron chi connectivity index (χ2n) is 9.68. The van der Waals surface area contributed by atoms with Crippen LogP contribution >= 0.6 is 11.6 Å². The van der Waals surface area contributed by atoms with Crippen LogP contribution in [-0.4, -0.2) is 37.9 Å². The van der Waals surface area contributed by atoms with Crippen LogP contribution in [0.15, 0.2) is 65.1 Å². The van der Waals surface area contributed by atoms with Crippen LogP contribution in [0.3, 0.4) is 0 Å². The molecule has 6 nitrogen and oxygen atoms in total. The first-order valence-electron chi connectivity index (χ1n) is 12.4. The molecule has 2 aliphatic rings. The highest BCUT2D eigenvalue weighted by Crippen LogP contribution is 2.38. The minimum absolute atomic E-state index is 0.374. The topological polar surface area (TPSA) is 71.2 Å². The van der Waals surface area contributed by atoms with Crippen LogP contribution in [0.5, 0.6) is 0 Å². The van der Waals surface area contributed by atoms with E-state index in [1.165, 1.54) is 27.8 Å². The number of aromatic nitrogens is 3. The van der Waals surface area contributed by atoms with Gasteiger partial charge in [0, 0.05) is 29.9 Å². The average Bonchev–Trinajstić information content (AvgIpc) is 3.05. The first-order valence-corrected chi connectivity index (χ1v) is 12.8. The zero-order valence-electron chi connectivity index (χ0n) is 20.2. The second-order valence-corrected chi connectivity index (χ2v) is 10.1. The number of hydrogen-bond donors (Lipinski definition) is 1. The van der Waals surface area contributed by atoms with Crippen molar-refractivity contribution < 1.29 is 5.21 Å². The number of piperidine rings is 1. The molecule has 0 bridgehead atoms. The molecule has 0 spiro atoms. The van der Waals surface area contributed by atoms with Crippen LogP contribution in [0.2, 0.25) is 5.02 Å². The third kappa shape index (κ3) is 4.00. The Morgan fingerprint density at radius 3 is 2.64 bits per heavy atom. The molecule has 2 aromatic carbocycles. The van der Waals surface area contributed by atoms with Gasteiger partial charge in [0.1, 0.15) is 0 Å². The molecule has 1 saturated heterocycles. The summed E-state index contributed by atoms with van der Waals surface area (Å²) in [5.74, 6) is 0.374. The van der Waals surface area contributed by atoms with Crippen molar-refractivity contribution in [2.45, 2.75) is 39.2 Å². The summed E-state index contributed by atoms with van der Waals surface area (Å²) in [6.45, 7) is 3.97. The van der Waals surface area contributed by atoms with E-state index in [1.807, 2.05) is 37.4 Å². The van der Waals surface area contributed by atoms with Gasteiger partial charge < -0.3 is 5.21 Å². The molecule has 1 aliphatic heterocycles. The summed E-state index contributed by atoms with van der Waals surface area (Å²) in [5, 5.41) is 11.7. The normalized spacial score (nSPS) is 16.1. The lowest BCUT2D eigenvalue weighted by Crippen LogP contribution is -2.34. The third-order valence-electron chi connectivity index (χ3n) is 7.45. The molecule has 1 aliphatic carbocycles. The van der Waals surface area contributed by atoms with Gasteiger partial charge >= 0.3 is 0 Å². The fraction of sp³-hybridized carbons (Fsp3) is 0.276. The zero-order valence-corrected chi connectivity index (χ0v) is 20.9. The van der Waals surface area contributed by atoms with Gasteiger partial charge in [0.05, 0.1) is 23.1 Å². The third-order valence-corrected chi connectivity index (χ3v) is 7.69. The number of hydrogen-bond acceptors (Lipinski definition) is 5. The van der Waals surface area contributed by atoms with Crippen molar-refractivity contribution in [2.24, 2.45) is 0 Å². The van der Waals surface area contributed by atoms with Crippen molar-refractivity contribution in [3.8, 4) is 0 Å². The van der Waals surface area contributed by atoms with E-state index in [2.05, 4.69) is 28.1 Å². The van der Waals surface area contributed by atoms with E-state index in [-0.39, 0.29) is 0 Å². The summed E-state index contributed by atoms with van der Waals surface area (Å²) >= 11 is 6.35. The van der Waals surface area contributed by atoms with Gasteiger partial charge in [-0.2, -0.15) is 0 Å². The van der Waals surface area contributed by atoms with E-state index in [1.54, 1.807) is 6.07 Å². The van der Waals surface area contributed by atoms with Crippen LogP contribution < -0.4 is 5.56 Å². The van der Waals surface area contributed by atoms with Gasteiger partial charge in [0.25, 0.3) is 5.56 Å². The molecule has 1 fully saturated rings. The molecule has 0 unspecified atom stereocenters. The van der Waals surface area contributed by atoms with Crippen LogP contribution in [0, 0.1) is 6.92 Å². The molecular formula is C29H27ClN4O2. The van der Waals surface area contributed by atoms with E-state index < -0.39 is 5.56 Å². The molecule has 36 heavy (non-hydrogen) atoms. The minimum Gasteiger partial charge on any atom is -0.424 e. The predicted octanol–water partition coefficient (Wildman–Crippen LogP) is 5.19. The number of halogens is 1. The number of nitrogens with zero attached hydrogens (tertiary/aromatic N) is 4. The zero-order chi connectivity index (χ0) is 24.8. The highest BCUT2D eigenvalue weighted by molar-refractivity contribution is 6.30. The van der Waals surface area contributed by atoms with Crippen LogP contribution in [0.1, 0.15) is 46.6 Å². The number of benzene rings is 2. The summed E-state index contributed by atoms with van der Waals surface area (Å²) in [5.41, 5.74) is 8.65. The average molecular weight is 499 g/mol. The van der Waals surface area contributed by atoms with E-state index >= 15 is 0 Å². The Kier molecular flexibility index (Phi) is 5.86. The highest BCUT2D eigenvalue weighted by atomic mass is 35.5. The summed E-state index contributed by atoms with van der Waals surface area (Å²) < 4.78 is 0.710. The van der Waals surface area contributed by atoms with Crippen LogP contribution in [-0.2, 0) is 19.4 Å². The van der Waals surface area contributed by atoms with Crippen molar-refractivity contribution in [3.05, 3.63) is 109 Å². The summed E-state index contributed by atoms with van der Waals surface area (Å²) in [6, 6.07) is 15.8. The van der Waals surface area contributed by atoms with Crippen molar-refractivity contribution in [1.82, 2.24) is 19.6 Å². The molecule has 0 radical (unpaired) electrons. The predicted molar refractivity (Wildman–Crippen MR) is 142 cm³/mol. The van der Waals surface area contributed by atoms with E-state index in [4.69, 9.17) is 16.6 Å². The molecule has 2 aromatic heterocycles. The summed E-state index contributed by atoms with van der Waals surface area (Å²) in [7, 11) is 0. The largest absolute Gasteiger partial charge is 0.424 e. The lowest BCUT2D eigenvalue weighted by Gasteiger charge is -2.30. The van der Waals surface area contributed by atoms with Gasteiger partial charge in [-0.1, -0.05) is 41.4 Å². The van der Waals surface area contributed by atoms with Crippen molar-refractivity contribution in [2.75, 3.05) is 13.1 Å². The fourth-order valence-corrected chi connectivity index (χ4v) is 5.75. The number of para-hydroxylation sites is 1. The SMILES string of the molecule is Cc1cccc2c(=O)n(O)c(CN3CCC(=C4c5ccc(Cl)cc5CCc5cccnc54)CC3)nc12. The Labute approximate surface area is 214 Å². The van der Waals surface area contributed by atoms with Gasteiger partial charge in [-0.05, 0) is 79.1 Å². The fourth-order valence-electron chi connectivity index (χ4n) is 5.55. The molecule has 4 aromatic rings. The van der Waals surface area contributed by atoms with Gasteiger partial charge in [-0.25, -0.2) is 4.98 Å². The van der Waals surface area contributed by atoms with Crippen molar-refractivity contribution in [3.63, 3.8) is 0 Å². The molecule has 0 atom stereocenters. The monoisotopic (exact) mass is 498 g/mol. The molecular weight excluding hydrogens is 472 g/mol. The second kappa shape index (κ2) is 9.19. The van der Waals surface area contributed by atoms with Crippen LogP contribution in [0.4, 0.5) is 0 Å². The molecule has 0 amide bonds. The van der Waals surface area contributed by atoms with Crippen LogP contribution in [0.25, 0.3) is 16.5 Å². The van der Waals surface area contributed by atoms with Gasteiger partial charge in [0.2, 0.25) is 0 Å². The van der Waals surface area contributed by atoms with E-state index in [0.29, 0.717) is 28.0 Å². The molecule has 3 heterocycles. The quantitative estimate of drug-likeness (QED) is 0.385. The Balaban J connectivity index is 1.32. The Hall–Kier alpha value is -3.48. The lowest BCUT2D eigenvalue weighted by molar-refractivity contribution is 0.142. The standard InChI is InChI=1S/C29H27ClN4O2/c1-18-4-2-6-24-27(18)32-25(34(36)29(24)35)17-33-14-11-19(12-15-33)26-23-10-9-22(30)16-21(23)8-7-20-5-3-13-31-28(20)26/h2-6,9-10,13,16,36H,7-8,11-12,14-15,17H2,1H3. The Morgan fingerprint density at radius 2 is 1.81 bits per heavy atom. The highest BCUT2D eigenvalue weighted by Gasteiger charge is 2.26. The molecule has 1 N–H and O–H groups in total. The van der Waals surface area contributed by atoms with E-state index in [9.17, 15) is 10.0 Å². The lowest BCUT2D eigenvalue weighted by atomic mass is 9.88. The maximum absolute atomic E-state index is 12.7. The van der Waals surface area contributed by atoms with Crippen molar-refractivity contribution >= 4 is 28.1 Å². The molecule has 6 rings (SSSR count). The number of likely N-dealkylation sites (tertiary alicyclic amines) is 1. The maximum Gasteiger partial charge on any atom is 0.294 e. The number of fused-ring (bicyclic) bond motifs is 3. The first-order chi connectivity index (χ1) is 17.5. The molecule has 182 valence electrons.